The Bertz CT molecular complexity index is 97.8. The fourth-order valence-electron chi connectivity index (χ4n) is 1.34. The van der Waals surface area contributed by atoms with E-state index >= 15 is 0 Å². The second kappa shape index (κ2) is 13.9. The van der Waals surface area contributed by atoms with E-state index in [-0.39, 0.29) is 0 Å². The van der Waals surface area contributed by atoms with Crippen molar-refractivity contribution < 1.29 is 9.47 Å². The van der Waals surface area contributed by atoms with Crippen molar-refractivity contribution in [2.75, 3.05) is 40.0 Å². The summed E-state index contributed by atoms with van der Waals surface area (Å²) in [5.41, 5.74) is 0. The molecule has 0 amide bonds. The zero-order chi connectivity index (χ0) is 11.2. The predicted octanol–water partition coefficient (Wildman–Crippen LogP) is 2.21. The van der Waals surface area contributed by atoms with Crippen LogP contribution in [0.25, 0.3) is 0 Å². The number of nitrogens with one attached hydrogen (secondary N) is 1. The Morgan fingerprint density at radius 1 is 0.867 bits per heavy atom. The average Bonchev–Trinajstić information content (AvgIpc) is 2.26. The predicted molar refractivity (Wildman–Crippen MR) is 64.3 cm³/mol. The zero-order valence-corrected chi connectivity index (χ0v) is 10.4. The third-order valence-corrected chi connectivity index (χ3v) is 2.27. The number of hydrogen-bond acceptors (Lipinski definition) is 3. The molecule has 0 bridgehead atoms. The summed E-state index contributed by atoms with van der Waals surface area (Å²) in [5, 5.41) is 3.32. The molecule has 0 atom stereocenters. The molecule has 0 saturated carbocycles. The Morgan fingerprint density at radius 3 is 2.47 bits per heavy atom. The van der Waals surface area contributed by atoms with Gasteiger partial charge >= 0.3 is 0 Å². The Labute approximate surface area is 94.5 Å². The average molecular weight is 217 g/mol. The van der Waals surface area contributed by atoms with E-state index in [0.29, 0.717) is 0 Å². The van der Waals surface area contributed by atoms with E-state index in [4.69, 9.17) is 9.47 Å². The molecule has 0 aromatic heterocycles. The number of rotatable bonds is 12. The van der Waals surface area contributed by atoms with Crippen LogP contribution in [-0.2, 0) is 9.47 Å². The molecule has 0 heterocycles. The molecule has 0 rings (SSSR count). The Morgan fingerprint density at radius 2 is 1.73 bits per heavy atom. The molecule has 0 saturated heterocycles. The van der Waals surface area contributed by atoms with E-state index in [1.54, 1.807) is 7.11 Å². The maximum atomic E-state index is 5.49. The molecule has 0 aromatic carbocycles. The van der Waals surface area contributed by atoms with Crippen molar-refractivity contribution in [1.82, 2.24) is 5.32 Å². The lowest BCUT2D eigenvalue weighted by Crippen LogP contribution is -2.21. The molecule has 15 heavy (non-hydrogen) atoms. The highest BCUT2D eigenvalue weighted by Crippen LogP contribution is 1.98. The Kier molecular flexibility index (Phi) is 13.8. The molecule has 0 aliphatic heterocycles. The van der Waals surface area contributed by atoms with Gasteiger partial charge in [-0.3, -0.25) is 0 Å². The minimum absolute atomic E-state index is 0.832. The van der Waals surface area contributed by atoms with E-state index in [1.807, 2.05) is 0 Å². The van der Waals surface area contributed by atoms with Crippen molar-refractivity contribution in [3.05, 3.63) is 0 Å². The largest absolute Gasteiger partial charge is 0.385 e. The third kappa shape index (κ3) is 13.9. The van der Waals surface area contributed by atoms with Crippen LogP contribution in [0.15, 0.2) is 0 Å². The van der Waals surface area contributed by atoms with Crippen LogP contribution < -0.4 is 5.32 Å². The van der Waals surface area contributed by atoms with Gasteiger partial charge in [0.1, 0.15) is 0 Å². The van der Waals surface area contributed by atoms with E-state index in [2.05, 4.69) is 12.2 Å². The van der Waals surface area contributed by atoms with Crippen LogP contribution in [0.1, 0.15) is 39.0 Å². The SMILES string of the molecule is CCCCCCOCCNCCCOC. The third-order valence-electron chi connectivity index (χ3n) is 2.27. The number of unbranched alkanes of at least 4 members (excludes halogenated alkanes) is 3. The molecule has 0 spiro atoms. The lowest BCUT2D eigenvalue weighted by molar-refractivity contribution is 0.130. The van der Waals surface area contributed by atoms with Crippen LogP contribution in [0.5, 0.6) is 0 Å². The first-order valence-corrected chi connectivity index (χ1v) is 6.19. The first kappa shape index (κ1) is 14.9. The Balaban J connectivity index is 2.81. The van der Waals surface area contributed by atoms with Crippen molar-refractivity contribution >= 4 is 0 Å². The second-order valence-corrected chi connectivity index (χ2v) is 3.77. The van der Waals surface area contributed by atoms with Crippen LogP contribution in [0.2, 0.25) is 0 Å². The minimum atomic E-state index is 0.832. The highest BCUT2D eigenvalue weighted by Gasteiger charge is 1.90. The molecular formula is C12H27NO2. The number of ether oxygens (including phenoxy) is 2. The number of methoxy groups -OCH3 is 1. The van der Waals surface area contributed by atoms with Crippen molar-refractivity contribution in [1.29, 1.82) is 0 Å². The summed E-state index contributed by atoms with van der Waals surface area (Å²) in [4.78, 5) is 0. The first-order valence-electron chi connectivity index (χ1n) is 6.19. The molecule has 3 nitrogen and oxygen atoms in total. The summed E-state index contributed by atoms with van der Waals surface area (Å²) < 4.78 is 10.4. The van der Waals surface area contributed by atoms with Gasteiger partial charge < -0.3 is 14.8 Å². The van der Waals surface area contributed by atoms with Crippen LogP contribution in [0.3, 0.4) is 0 Å². The quantitative estimate of drug-likeness (QED) is 0.508. The van der Waals surface area contributed by atoms with Gasteiger partial charge in [0.15, 0.2) is 0 Å². The van der Waals surface area contributed by atoms with Gasteiger partial charge in [0.2, 0.25) is 0 Å². The maximum absolute atomic E-state index is 5.49. The first-order chi connectivity index (χ1) is 7.41. The van der Waals surface area contributed by atoms with Gasteiger partial charge in [0, 0.05) is 26.9 Å². The zero-order valence-electron chi connectivity index (χ0n) is 10.4. The van der Waals surface area contributed by atoms with Crippen LogP contribution in [-0.4, -0.2) is 40.0 Å². The van der Waals surface area contributed by atoms with E-state index < -0.39 is 0 Å². The van der Waals surface area contributed by atoms with E-state index in [0.717, 1.165) is 39.3 Å². The standard InChI is InChI=1S/C12H27NO2/c1-3-4-5-6-11-15-12-9-13-8-7-10-14-2/h13H,3-12H2,1-2H3. The van der Waals surface area contributed by atoms with E-state index in [1.165, 1.54) is 25.7 Å². The van der Waals surface area contributed by atoms with Crippen LogP contribution in [0, 0.1) is 0 Å². The molecule has 0 radical (unpaired) electrons. The molecule has 3 heteroatoms. The smallest absolute Gasteiger partial charge is 0.0590 e. The summed E-state index contributed by atoms with van der Waals surface area (Å²) in [5.74, 6) is 0. The molecule has 0 unspecified atom stereocenters. The highest BCUT2D eigenvalue weighted by molar-refractivity contribution is 4.46. The maximum Gasteiger partial charge on any atom is 0.0590 e. The van der Waals surface area contributed by atoms with Gasteiger partial charge in [0.25, 0.3) is 0 Å². The normalized spacial score (nSPS) is 10.8. The lowest BCUT2D eigenvalue weighted by Gasteiger charge is -2.05. The van der Waals surface area contributed by atoms with Gasteiger partial charge in [-0.25, -0.2) is 0 Å². The molecule has 92 valence electrons. The second-order valence-electron chi connectivity index (χ2n) is 3.77. The lowest BCUT2D eigenvalue weighted by atomic mass is 10.2. The molecule has 0 aliphatic rings. The highest BCUT2D eigenvalue weighted by atomic mass is 16.5. The van der Waals surface area contributed by atoms with Gasteiger partial charge in [-0.1, -0.05) is 26.2 Å². The van der Waals surface area contributed by atoms with Crippen molar-refractivity contribution in [3.63, 3.8) is 0 Å². The molecule has 0 fully saturated rings. The molecule has 1 N–H and O–H groups in total. The summed E-state index contributed by atoms with van der Waals surface area (Å²) in [6, 6.07) is 0. The van der Waals surface area contributed by atoms with Crippen molar-refractivity contribution in [3.8, 4) is 0 Å². The monoisotopic (exact) mass is 217 g/mol. The van der Waals surface area contributed by atoms with Crippen molar-refractivity contribution in [2.45, 2.75) is 39.0 Å². The fourth-order valence-corrected chi connectivity index (χ4v) is 1.34. The molecule has 0 aliphatic carbocycles. The summed E-state index contributed by atoms with van der Waals surface area (Å²) in [6.45, 7) is 6.79. The van der Waals surface area contributed by atoms with Crippen molar-refractivity contribution in [2.24, 2.45) is 0 Å². The minimum Gasteiger partial charge on any atom is -0.385 e. The molecule has 0 aromatic rings. The topological polar surface area (TPSA) is 30.5 Å². The van der Waals surface area contributed by atoms with Crippen LogP contribution >= 0.6 is 0 Å². The van der Waals surface area contributed by atoms with Crippen LogP contribution in [0.4, 0.5) is 0 Å². The molecular weight excluding hydrogens is 190 g/mol. The summed E-state index contributed by atoms with van der Waals surface area (Å²) >= 11 is 0. The summed E-state index contributed by atoms with van der Waals surface area (Å²) in [6.07, 6.45) is 6.21. The summed E-state index contributed by atoms with van der Waals surface area (Å²) in [7, 11) is 1.74. The number of hydrogen-bond donors (Lipinski definition) is 1. The van der Waals surface area contributed by atoms with Gasteiger partial charge in [-0.15, -0.1) is 0 Å². The fraction of sp³-hybridized carbons (Fsp3) is 1.00. The van der Waals surface area contributed by atoms with Gasteiger partial charge in [0.05, 0.1) is 6.61 Å². The van der Waals surface area contributed by atoms with Gasteiger partial charge in [-0.2, -0.15) is 0 Å². The Hall–Kier alpha value is -0.120. The van der Waals surface area contributed by atoms with Gasteiger partial charge in [-0.05, 0) is 19.4 Å². The van der Waals surface area contributed by atoms with E-state index in [9.17, 15) is 0 Å².